The van der Waals surface area contributed by atoms with Crippen LogP contribution in [0.25, 0.3) is 11.5 Å². The largest absolute Gasteiger partial charge is 0.506 e. The number of aromatic hydroxyl groups is 1. The number of urea groups is 1. The zero-order chi connectivity index (χ0) is 21.1. The van der Waals surface area contributed by atoms with Crippen molar-refractivity contribution < 1.29 is 14.4 Å². The van der Waals surface area contributed by atoms with E-state index in [0.29, 0.717) is 43.6 Å². The quantitative estimate of drug-likeness (QED) is 0.681. The number of carbonyl (C=O) groups excluding carboxylic acids is 1. The molecule has 2 N–H and O–H groups in total. The Morgan fingerprint density at radius 3 is 2.40 bits per heavy atom. The second kappa shape index (κ2) is 8.44. The van der Waals surface area contributed by atoms with Gasteiger partial charge in [0, 0.05) is 43.3 Å². The Morgan fingerprint density at radius 2 is 1.77 bits per heavy atom. The van der Waals surface area contributed by atoms with Gasteiger partial charge in [-0.3, -0.25) is 0 Å². The average molecular weight is 407 g/mol. The number of aromatic nitrogens is 2. The highest BCUT2D eigenvalue weighted by molar-refractivity contribution is 5.89. The van der Waals surface area contributed by atoms with Crippen LogP contribution in [0.3, 0.4) is 0 Å². The maximum absolute atomic E-state index is 12.6. The molecule has 4 rings (SSSR count). The number of piperazine rings is 1. The summed E-state index contributed by atoms with van der Waals surface area (Å²) in [6.45, 7) is 6.51. The molecule has 0 saturated carbocycles. The van der Waals surface area contributed by atoms with E-state index in [4.69, 9.17) is 4.52 Å². The van der Waals surface area contributed by atoms with Crippen LogP contribution in [0.5, 0.6) is 5.75 Å². The summed E-state index contributed by atoms with van der Waals surface area (Å²) in [5.41, 5.74) is 2.31. The number of benzene rings is 2. The number of carbonyl (C=O) groups is 1. The van der Waals surface area contributed by atoms with Crippen molar-refractivity contribution in [1.82, 2.24) is 15.0 Å². The summed E-state index contributed by atoms with van der Waals surface area (Å²) in [5.74, 6) is 1.60. The Kier molecular flexibility index (Phi) is 5.56. The standard InChI is InChI=1S/C22H25N5O3/c1-15(2)20-24-21(30-25-20)16-7-9-17(10-8-16)23-22(29)27-13-11-26(12-14-27)18-5-3-4-6-19(18)28/h3-10,15,28H,11-14H2,1-2H3,(H,23,29). The molecular formula is C22H25N5O3. The molecule has 0 aliphatic carbocycles. The molecule has 0 bridgehead atoms. The second-order valence-electron chi connectivity index (χ2n) is 7.58. The van der Waals surface area contributed by atoms with E-state index in [9.17, 15) is 9.90 Å². The summed E-state index contributed by atoms with van der Waals surface area (Å²) in [6.07, 6.45) is 0. The van der Waals surface area contributed by atoms with E-state index >= 15 is 0 Å². The SMILES string of the molecule is CC(C)c1noc(-c2ccc(NC(=O)N3CCN(c4ccccc4O)CC3)cc2)n1. The number of nitrogens with one attached hydrogen (secondary N) is 1. The van der Waals surface area contributed by atoms with Gasteiger partial charge in [-0.15, -0.1) is 0 Å². The van der Waals surface area contributed by atoms with E-state index in [1.165, 1.54) is 0 Å². The smallest absolute Gasteiger partial charge is 0.321 e. The van der Waals surface area contributed by atoms with Crippen molar-refractivity contribution in [2.45, 2.75) is 19.8 Å². The van der Waals surface area contributed by atoms with Gasteiger partial charge in [0.1, 0.15) is 5.75 Å². The Bertz CT molecular complexity index is 1010. The lowest BCUT2D eigenvalue weighted by Crippen LogP contribution is -2.50. The highest BCUT2D eigenvalue weighted by atomic mass is 16.5. The summed E-state index contributed by atoms with van der Waals surface area (Å²) < 4.78 is 5.30. The number of phenols is 1. The van der Waals surface area contributed by atoms with Crippen molar-refractivity contribution in [3.63, 3.8) is 0 Å². The molecule has 1 aliphatic rings. The molecule has 8 nitrogen and oxygen atoms in total. The zero-order valence-electron chi connectivity index (χ0n) is 17.1. The Balaban J connectivity index is 1.33. The molecule has 3 aromatic rings. The summed E-state index contributed by atoms with van der Waals surface area (Å²) in [5, 5.41) is 16.9. The van der Waals surface area contributed by atoms with Crippen molar-refractivity contribution in [2.75, 3.05) is 36.4 Å². The fourth-order valence-corrected chi connectivity index (χ4v) is 3.37. The van der Waals surface area contributed by atoms with Crippen LogP contribution in [0, 0.1) is 0 Å². The number of hydrogen-bond acceptors (Lipinski definition) is 6. The fourth-order valence-electron chi connectivity index (χ4n) is 3.37. The molecule has 0 atom stereocenters. The summed E-state index contributed by atoms with van der Waals surface area (Å²) >= 11 is 0. The predicted molar refractivity (Wildman–Crippen MR) is 115 cm³/mol. The minimum absolute atomic E-state index is 0.139. The van der Waals surface area contributed by atoms with Gasteiger partial charge in [0.25, 0.3) is 5.89 Å². The van der Waals surface area contributed by atoms with Crippen LogP contribution in [-0.4, -0.2) is 52.4 Å². The van der Waals surface area contributed by atoms with Gasteiger partial charge < -0.3 is 24.7 Å². The molecule has 2 amide bonds. The number of amides is 2. The maximum Gasteiger partial charge on any atom is 0.321 e. The van der Waals surface area contributed by atoms with Crippen LogP contribution in [-0.2, 0) is 0 Å². The minimum atomic E-state index is -0.139. The molecule has 30 heavy (non-hydrogen) atoms. The molecule has 1 fully saturated rings. The lowest BCUT2D eigenvalue weighted by Gasteiger charge is -2.36. The minimum Gasteiger partial charge on any atom is -0.506 e. The first-order chi connectivity index (χ1) is 14.5. The van der Waals surface area contributed by atoms with Crippen LogP contribution < -0.4 is 10.2 Å². The van der Waals surface area contributed by atoms with E-state index in [2.05, 4.69) is 20.4 Å². The van der Waals surface area contributed by atoms with Crippen molar-refractivity contribution in [3.05, 3.63) is 54.4 Å². The number of anilines is 2. The molecule has 2 heterocycles. The van der Waals surface area contributed by atoms with Gasteiger partial charge in [0.05, 0.1) is 5.69 Å². The highest BCUT2D eigenvalue weighted by Gasteiger charge is 2.22. The summed E-state index contributed by atoms with van der Waals surface area (Å²) in [7, 11) is 0. The molecule has 1 aliphatic heterocycles. The number of hydrogen-bond donors (Lipinski definition) is 2. The molecule has 0 spiro atoms. The maximum atomic E-state index is 12.6. The van der Waals surface area contributed by atoms with Gasteiger partial charge in [-0.05, 0) is 36.4 Å². The molecule has 0 unspecified atom stereocenters. The van der Waals surface area contributed by atoms with Gasteiger partial charge in [-0.25, -0.2) is 4.79 Å². The molecule has 2 aromatic carbocycles. The van der Waals surface area contributed by atoms with E-state index < -0.39 is 0 Å². The lowest BCUT2D eigenvalue weighted by molar-refractivity contribution is 0.208. The molecule has 8 heteroatoms. The van der Waals surface area contributed by atoms with Crippen LogP contribution in [0.15, 0.2) is 53.1 Å². The van der Waals surface area contributed by atoms with Crippen molar-refractivity contribution in [1.29, 1.82) is 0 Å². The van der Waals surface area contributed by atoms with E-state index in [1.54, 1.807) is 17.0 Å². The summed E-state index contributed by atoms with van der Waals surface area (Å²) in [6, 6.07) is 14.5. The van der Waals surface area contributed by atoms with Gasteiger partial charge in [-0.1, -0.05) is 31.1 Å². The van der Waals surface area contributed by atoms with Crippen LogP contribution >= 0.6 is 0 Å². The Labute approximate surface area is 175 Å². The van der Waals surface area contributed by atoms with Gasteiger partial charge >= 0.3 is 6.03 Å². The molecule has 0 radical (unpaired) electrons. The van der Waals surface area contributed by atoms with Gasteiger partial charge in [0.15, 0.2) is 5.82 Å². The zero-order valence-corrected chi connectivity index (χ0v) is 17.1. The third-order valence-corrected chi connectivity index (χ3v) is 5.13. The molecule has 1 aromatic heterocycles. The predicted octanol–water partition coefficient (Wildman–Crippen LogP) is 3.92. The number of para-hydroxylation sites is 2. The number of rotatable bonds is 4. The number of nitrogens with zero attached hydrogens (tertiary/aromatic N) is 4. The van der Waals surface area contributed by atoms with Gasteiger partial charge in [-0.2, -0.15) is 4.98 Å². The van der Waals surface area contributed by atoms with Crippen molar-refractivity contribution in [3.8, 4) is 17.2 Å². The third-order valence-electron chi connectivity index (χ3n) is 5.13. The lowest BCUT2D eigenvalue weighted by atomic mass is 10.2. The monoisotopic (exact) mass is 407 g/mol. The fraction of sp³-hybridized carbons (Fsp3) is 0.318. The normalized spacial score (nSPS) is 14.2. The van der Waals surface area contributed by atoms with Crippen molar-refractivity contribution in [2.24, 2.45) is 0 Å². The van der Waals surface area contributed by atoms with E-state index in [1.807, 2.05) is 50.2 Å². The number of phenolic OH excluding ortho intramolecular Hbond substituents is 1. The molecule has 156 valence electrons. The van der Waals surface area contributed by atoms with E-state index in [0.717, 1.165) is 11.3 Å². The van der Waals surface area contributed by atoms with Crippen LogP contribution in [0.2, 0.25) is 0 Å². The highest BCUT2D eigenvalue weighted by Crippen LogP contribution is 2.27. The summed E-state index contributed by atoms with van der Waals surface area (Å²) in [4.78, 5) is 20.9. The van der Waals surface area contributed by atoms with E-state index in [-0.39, 0.29) is 17.7 Å². The third kappa shape index (κ3) is 4.22. The first kappa shape index (κ1) is 19.8. The average Bonchev–Trinajstić information content (AvgIpc) is 3.25. The topological polar surface area (TPSA) is 94.7 Å². The van der Waals surface area contributed by atoms with Gasteiger partial charge in [0.2, 0.25) is 0 Å². The molecule has 1 saturated heterocycles. The van der Waals surface area contributed by atoms with Crippen molar-refractivity contribution >= 4 is 17.4 Å². The Hall–Kier alpha value is -3.55. The second-order valence-corrected chi connectivity index (χ2v) is 7.58. The van der Waals surface area contributed by atoms with Crippen LogP contribution in [0.1, 0.15) is 25.6 Å². The van der Waals surface area contributed by atoms with Crippen LogP contribution in [0.4, 0.5) is 16.2 Å². The molecular weight excluding hydrogens is 382 g/mol. The Morgan fingerprint density at radius 1 is 1.07 bits per heavy atom. The first-order valence-corrected chi connectivity index (χ1v) is 10.0. The first-order valence-electron chi connectivity index (χ1n) is 10.0.